The first kappa shape index (κ1) is 17.8. The van der Waals surface area contributed by atoms with Crippen molar-refractivity contribution < 1.29 is 0 Å². The first-order valence-electron chi connectivity index (χ1n) is 9.56. The topological polar surface area (TPSA) is 0 Å². The van der Waals surface area contributed by atoms with Crippen molar-refractivity contribution in [1.29, 1.82) is 0 Å². The summed E-state index contributed by atoms with van der Waals surface area (Å²) in [6, 6.07) is 0. The zero-order valence-electron chi connectivity index (χ0n) is 13.9. The predicted octanol–water partition coefficient (Wildman–Crippen LogP) is 7.43. The van der Waals surface area contributed by atoms with Crippen LogP contribution in [0.3, 0.4) is 0 Å². The van der Waals surface area contributed by atoms with E-state index in [9.17, 15) is 0 Å². The second kappa shape index (κ2) is 13.7. The molecule has 1 aliphatic rings. The molecule has 0 atom stereocenters. The standard InChI is InChI=1S/C20H38/c1-2-20-18-16-14-12-10-8-6-4-3-5-7-9-11-13-15-17-19-20/h2,20H,1,3-19H2. The summed E-state index contributed by atoms with van der Waals surface area (Å²) in [4.78, 5) is 0. The molecule has 118 valence electrons. The van der Waals surface area contributed by atoms with E-state index < -0.39 is 0 Å². The summed E-state index contributed by atoms with van der Waals surface area (Å²) in [5, 5.41) is 0. The van der Waals surface area contributed by atoms with E-state index in [-0.39, 0.29) is 0 Å². The van der Waals surface area contributed by atoms with Crippen LogP contribution in [-0.2, 0) is 0 Å². The van der Waals surface area contributed by atoms with Crippen molar-refractivity contribution in [3.8, 4) is 0 Å². The smallest absolute Gasteiger partial charge is 0.0236 e. The van der Waals surface area contributed by atoms with E-state index in [0.717, 1.165) is 5.92 Å². The third-order valence-electron chi connectivity index (χ3n) is 4.98. The average molecular weight is 279 g/mol. The van der Waals surface area contributed by atoms with Gasteiger partial charge in [0.05, 0.1) is 0 Å². The molecule has 0 radical (unpaired) electrons. The van der Waals surface area contributed by atoms with Gasteiger partial charge in [0.25, 0.3) is 0 Å². The van der Waals surface area contributed by atoms with Gasteiger partial charge in [-0.15, -0.1) is 6.58 Å². The monoisotopic (exact) mass is 278 g/mol. The third-order valence-corrected chi connectivity index (χ3v) is 4.98. The highest BCUT2D eigenvalue weighted by atomic mass is 14.1. The normalized spacial score (nSPS) is 23.6. The van der Waals surface area contributed by atoms with E-state index in [4.69, 9.17) is 0 Å². The Balaban J connectivity index is 2.16. The maximum absolute atomic E-state index is 4.04. The molecule has 0 aromatic rings. The van der Waals surface area contributed by atoms with Crippen LogP contribution < -0.4 is 0 Å². The summed E-state index contributed by atoms with van der Waals surface area (Å²) in [5.74, 6) is 0.800. The van der Waals surface area contributed by atoms with Crippen molar-refractivity contribution in [3.05, 3.63) is 12.7 Å². The van der Waals surface area contributed by atoms with Crippen LogP contribution in [0.25, 0.3) is 0 Å². The third kappa shape index (κ3) is 10.5. The number of hydrogen-bond acceptors (Lipinski definition) is 0. The minimum Gasteiger partial charge on any atom is -0.103 e. The second-order valence-electron chi connectivity index (χ2n) is 6.88. The van der Waals surface area contributed by atoms with Crippen LogP contribution in [0.2, 0.25) is 0 Å². The molecule has 20 heavy (non-hydrogen) atoms. The van der Waals surface area contributed by atoms with Crippen LogP contribution in [0.5, 0.6) is 0 Å². The molecule has 0 aromatic heterocycles. The fraction of sp³-hybridized carbons (Fsp3) is 0.900. The van der Waals surface area contributed by atoms with Crippen molar-refractivity contribution in [2.24, 2.45) is 5.92 Å². The highest BCUT2D eigenvalue weighted by molar-refractivity contribution is 4.78. The van der Waals surface area contributed by atoms with Crippen molar-refractivity contribution >= 4 is 0 Å². The highest BCUT2D eigenvalue weighted by Gasteiger charge is 2.04. The van der Waals surface area contributed by atoms with Gasteiger partial charge in [-0.05, 0) is 18.8 Å². The molecule has 0 spiro atoms. The van der Waals surface area contributed by atoms with Crippen LogP contribution in [0.1, 0.15) is 109 Å². The number of hydrogen-bond donors (Lipinski definition) is 0. The summed E-state index contributed by atoms with van der Waals surface area (Å²) < 4.78 is 0. The first-order valence-corrected chi connectivity index (χ1v) is 9.56. The van der Waals surface area contributed by atoms with E-state index in [1.807, 2.05) is 0 Å². The molecule has 0 aliphatic heterocycles. The Hall–Kier alpha value is -0.260. The lowest BCUT2D eigenvalue weighted by molar-refractivity contribution is 0.458. The van der Waals surface area contributed by atoms with Gasteiger partial charge in [-0.3, -0.25) is 0 Å². The number of rotatable bonds is 1. The van der Waals surface area contributed by atoms with Gasteiger partial charge in [0.1, 0.15) is 0 Å². The van der Waals surface area contributed by atoms with Crippen molar-refractivity contribution in [2.75, 3.05) is 0 Å². The molecule has 0 heteroatoms. The molecule has 0 nitrogen and oxygen atoms in total. The molecular weight excluding hydrogens is 240 g/mol. The van der Waals surface area contributed by atoms with Crippen LogP contribution >= 0.6 is 0 Å². The summed E-state index contributed by atoms with van der Waals surface area (Å²) in [5.41, 5.74) is 0. The predicted molar refractivity (Wildman–Crippen MR) is 92.2 cm³/mol. The first-order chi connectivity index (χ1) is 9.93. The minimum atomic E-state index is 0.800. The van der Waals surface area contributed by atoms with E-state index in [1.54, 1.807) is 0 Å². The van der Waals surface area contributed by atoms with E-state index >= 15 is 0 Å². The van der Waals surface area contributed by atoms with Crippen LogP contribution in [0.15, 0.2) is 12.7 Å². The van der Waals surface area contributed by atoms with E-state index in [1.165, 1.54) is 109 Å². The fourth-order valence-corrected chi connectivity index (χ4v) is 3.49. The Labute approximate surface area is 128 Å². The molecule has 0 heterocycles. The van der Waals surface area contributed by atoms with Crippen LogP contribution in [0, 0.1) is 5.92 Å². The molecule has 1 aliphatic carbocycles. The Morgan fingerprint density at radius 2 is 0.700 bits per heavy atom. The summed E-state index contributed by atoms with van der Waals surface area (Å²) in [6.45, 7) is 4.04. The summed E-state index contributed by atoms with van der Waals surface area (Å²) in [6.07, 6.45) is 27.0. The molecule has 0 N–H and O–H groups in total. The van der Waals surface area contributed by atoms with Gasteiger partial charge in [0.15, 0.2) is 0 Å². The maximum Gasteiger partial charge on any atom is -0.0236 e. The molecule has 0 bridgehead atoms. The van der Waals surface area contributed by atoms with E-state index in [2.05, 4.69) is 12.7 Å². The van der Waals surface area contributed by atoms with Crippen molar-refractivity contribution in [1.82, 2.24) is 0 Å². The molecule has 0 aromatic carbocycles. The maximum atomic E-state index is 4.04. The molecule has 0 amide bonds. The summed E-state index contributed by atoms with van der Waals surface area (Å²) in [7, 11) is 0. The zero-order chi connectivity index (χ0) is 14.3. The Kier molecular flexibility index (Phi) is 12.2. The fourth-order valence-electron chi connectivity index (χ4n) is 3.49. The Morgan fingerprint density at radius 1 is 0.450 bits per heavy atom. The van der Waals surface area contributed by atoms with Gasteiger partial charge >= 0.3 is 0 Å². The van der Waals surface area contributed by atoms with Crippen molar-refractivity contribution in [2.45, 2.75) is 109 Å². The quantitative estimate of drug-likeness (QED) is 0.437. The van der Waals surface area contributed by atoms with Crippen molar-refractivity contribution in [3.63, 3.8) is 0 Å². The largest absolute Gasteiger partial charge is 0.103 e. The molecule has 0 unspecified atom stereocenters. The minimum absolute atomic E-state index is 0.800. The SMILES string of the molecule is C=CC1CCCCCCCCCCCCCCCCC1. The molecule has 1 saturated carbocycles. The van der Waals surface area contributed by atoms with Crippen LogP contribution in [0.4, 0.5) is 0 Å². The lowest BCUT2D eigenvalue weighted by Crippen LogP contribution is -1.97. The molecule has 0 saturated heterocycles. The highest BCUT2D eigenvalue weighted by Crippen LogP contribution is 2.20. The molecule has 1 rings (SSSR count). The molecule has 1 fully saturated rings. The lowest BCUT2D eigenvalue weighted by Gasteiger charge is -2.12. The average Bonchev–Trinajstić information content (AvgIpc) is 2.47. The van der Waals surface area contributed by atoms with Gasteiger partial charge in [0, 0.05) is 0 Å². The lowest BCUT2D eigenvalue weighted by atomic mass is 9.94. The van der Waals surface area contributed by atoms with E-state index in [0.29, 0.717) is 0 Å². The number of allylic oxidation sites excluding steroid dienone is 1. The Bertz CT molecular complexity index is 188. The van der Waals surface area contributed by atoms with Gasteiger partial charge in [-0.2, -0.15) is 0 Å². The van der Waals surface area contributed by atoms with Gasteiger partial charge in [-0.1, -0.05) is 102 Å². The summed E-state index contributed by atoms with van der Waals surface area (Å²) >= 11 is 0. The van der Waals surface area contributed by atoms with Gasteiger partial charge in [-0.25, -0.2) is 0 Å². The second-order valence-corrected chi connectivity index (χ2v) is 6.88. The zero-order valence-corrected chi connectivity index (χ0v) is 13.9. The van der Waals surface area contributed by atoms with Gasteiger partial charge < -0.3 is 0 Å². The van der Waals surface area contributed by atoms with Gasteiger partial charge in [0.2, 0.25) is 0 Å². The Morgan fingerprint density at radius 3 is 0.950 bits per heavy atom. The molecular formula is C20H38. The van der Waals surface area contributed by atoms with Crippen LogP contribution in [-0.4, -0.2) is 0 Å².